The predicted octanol–water partition coefficient (Wildman–Crippen LogP) is 3.18. The number of carbonyl (C=O) groups excluding carboxylic acids is 1. The van der Waals surface area contributed by atoms with Gasteiger partial charge in [-0.3, -0.25) is 4.79 Å². The lowest BCUT2D eigenvalue weighted by Crippen LogP contribution is -2.48. The minimum absolute atomic E-state index is 0.115. The molecule has 2 aliphatic carbocycles. The van der Waals surface area contributed by atoms with Gasteiger partial charge in [-0.15, -0.1) is 0 Å². The highest BCUT2D eigenvalue weighted by molar-refractivity contribution is 5.86. The van der Waals surface area contributed by atoms with Gasteiger partial charge in [0.15, 0.2) is 0 Å². The summed E-state index contributed by atoms with van der Waals surface area (Å²) in [6.07, 6.45) is 6.57. The maximum Gasteiger partial charge on any atom is 0.141 e. The van der Waals surface area contributed by atoms with Gasteiger partial charge < -0.3 is 0 Å². The minimum atomic E-state index is -0.115. The number of Topliss-reactive ketones (excluding diaryl/α,β-unsaturated/α-hetero) is 1. The molecule has 1 heteroatoms. The molecule has 1 nitrogen and oxygen atoms in total. The fourth-order valence-electron chi connectivity index (χ4n) is 2.87. The van der Waals surface area contributed by atoms with Gasteiger partial charge in [-0.05, 0) is 31.1 Å². The Balaban J connectivity index is 1.89. The normalized spacial score (nSPS) is 26.7. The molecule has 13 heavy (non-hydrogen) atoms. The Kier molecular flexibility index (Phi) is 1.84. The van der Waals surface area contributed by atoms with Crippen molar-refractivity contribution in [2.45, 2.75) is 52.9 Å². The van der Waals surface area contributed by atoms with E-state index >= 15 is 0 Å². The van der Waals surface area contributed by atoms with Crippen molar-refractivity contribution in [3.63, 3.8) is 0 Å². The monoisotopic (exact) mass is 180 g/mol. The molecule has 0 unspecified atom stereocenters. The third-order valence-electron chi connectivity index (χ3n) is 3.88. The molecule has 2 aliphatic rings. The van der Waals surface area contributed by atoms with Gasteiger partial charge in [0.05, 0.1) is 0 Å². The Morgan fingerprint density at radius 2 is 1.77 bits per heavy atom. The van der Waals surface area contributed by atoms with Crippen LogP contribution in [0.2, 0.25) is 0 Å². The summed E-state index contributed by atoms with van der Waals surface area (Å²) in [4.78, 5) is 11.9. The molecule has 2 saturated carbocycles. The van der Waals surface area contributed by atoms with E-state index in [1.807, 2.05) is 20.8 Å². The van der Waals surface area contributed by atoms with Crippen molar-refractivity contribution in [1.29, 1.82) is 0 Å². The van der Waals surface area contributed by atoms with E-state index in [9.17, 15) is 4.79 Å². The van der Waals surface area contributed by atoms with Crippen LogP contribution >= 0.6 is 0 Å². The van der Waals surface area contributed by atoms with Crippen LogP contribution in [-0.4, -0.2) is 5.78 Å². The van der Waals surface area contributed by atoms with Crippen molar-refractivity contribution in [2.75, 3.05) is 0 Å². The first-order chi connectivity index (χ1) is 5.93. The Morgan fingerprint density at radius 3 is 2.08 bits per heavy atom. The second-order valence-electron chi connectivity index (χ2n) is 6.07. The molecule has 2 fully saturated rings. The highest BCUT2D eigenvalue weighted by Gasteiger charge is 2.51. The van der Waals surface area contributed by atoms with Crippen molar-refractivity contribution >= 4 is 5.78 Å². The van der Waals surface area contributed by atoms with E-state index in [0.717, 1.165) is 0 Å². The van der Waals surface area contributed by atoms with Crippen LogP contribution < -0.4 is 0 Å². The highest BCUT2D eigenvalue weighted by atomic mass is 16.1. The molecule has 0 radical (unpaired) electrons. The number of ketones is 1. The molecule has 0 aliphatic heterocycles. The lowest BCUT2D eigenvalue weighted by atomic mass is 9.50. The molecular formula is C12H20O. The van der Waals surface area contributed by atoms with E-state index < -0.39 is 0 Å². The molecule has 0 aromatic carbocycles. The van der Waals surface area contributed by atoms with Crippen molar-refractivity contribution < 1.29 is 4.79 Å². The summed E-state index contributed by atoms with van der Waals surface area (Å²) in [7, 11) is 0. The van der Waals surface area contributed by atoms with Crippen molar-refractivity contribution in [3.8, 4) is 0 Å². The average Bonchev–Trinajstić information content (AvgIpc) is 1.78. The van der Waals surface area contributed by atoms with Crippen LogP contribution in [0.3, 0.4) is 0 Å². The standard InChI is InChI=1S/C12H20O/c1-11(2,3)10(13)9-7-12(8-9)5-4-6-12/h9H,4-8H2,1-3H3. The van der Waals surface area contributed by atoms with Crippen molar-refractivity contribution in [3.05, 3.63) is 0 Å². The summed E-state index contributed by atoms with van der Waals surface area (Å²) < 4.78 is 0. The van der Waals surface area contributed by atoms with Crippen LogP contribution in [0.4, 0.5) is 0 Å². The number of hydrogen-bond donors (Lipinski definition) is 0. The smallest absolute Gasteiger partial charge is 0.141 e. The molecule has 0 heterocycles. The molecule has 0 amide bonds. The van der Waals surface area contributed by atoms with Gasteiger partial charge in [0.2, 0.25) is 0 Å². The van der Waals surface area contributed by atoms with Crippen LogP contribution in [0, 0.1) is 16.7 Å². The summed E-state index contributed by atoms with van der Waals surface area (Å²) in [6, 6.07) is 0. The van der Waals surface area contributed by atoms with E-state index in [2.05, 4.69) is 0 Å². The molecule has 1 spiro atoms. The predicted molar refractivity (Wildman–Crippen MR) is 53.5 cm³/mol. The van der Waals surface area contributed by atoms with Crippen molar-refractivity contribution in [2.24, 2.45) is 16.7 Å². The molecular weight excluding hydrogens is 160 g/mol. The largest absolute Gasteiger partial charge is 0.299 e. The maximum atomic E-state index is 11.9. The Labute approximate surface area is 80.9 Å². The van der Waals surface area contributed by atoms with Crippen molar-refractivity contribution in [1.82, 2.24) is 0 Å². The number of hydrogen-bond acceptors (Lipinski definition) is 1. The molecule has 0 bridgehead atoms. The fourth-order valence-corrected chi connectivity index (χ4v) is 2.87. The van der Waals surface area contributed by atoms with Crippen LogP contribution in [0.25, 0.3) is 0 Å². The Morgan fingerprint density at radius 1 is 1.23 bits per heavy atom. The van der Waals surface area contributed by atoms with Gasteiger partial charge in [0.25, 0.3) is 0 Å². The topological polar surface area (TPSA) is 17.1 Å². The highest BCUT2D eigenvalue weighted by Crippen LogP contribution is 2.59. The summed E-state index contributed by atoms with van der Waals surface area (Å²) in [5.74, 6) is 0.894. The van der Waals surface area contributed by atoms with E-state index in [0.29, 0.717) is 17.1 Å². The summed E-state index contributed by atoms with van der Waals surface area (Å²) in [5, 5.41) is 0. The molecule has 2 rings (SSSR count). The van der Waals surface area contributed by atoms with Crippen LogP contribution in [0.5, 0.6) is 0 Å². The second kappa shape index (κ2) is 2.59. The summed E-state index contributed by atoms with van der Waals surface area (Å²) >= 11 is 0. The zero-order valence-corrected chi connectivity index (χ0v) is 9.02. The Hall–Kier alpha value is -0.330. The zero-order chi connectivity index (χ0) is 9.69. The number of carbonyl (C=O) groups is 1. The average molecular weight is 180 g/mol. The van der Waals surface area contributed by atoms with Gasteiger partial charge in [-0.2, -0.15) is 0 Å². The van der Waals surface area contributed by atoms with E-state index in [4.69, 9.17) is 0 Å². The first-order valence-electron chi connectivity index (χ1n) is 5.47. The van der Waals surface area contributed by atoms with Crippen LogP contribution in [0.1, 0.15) is 52.9 Å². The lowest BCUT2D eigenvalue weighted by molar-refractivity contribution is -0.142. The maximum absolute atomic E-state index is 11.9. The summed E-state index contributed by atoms with van der Waals surface area (Å²) in [6.45, 7) is 6.13. The molecule has 0 aromatic rings. The quantitative estimate of drug-likeness (QED) is 0.605. The van der Waals surface area contributed by atoms with Crippen LogP contribution in [-0.2, 0) is 4.79 Å². The van der Waals surface area contributed by atoms with E-state index in [1.54, 1.807) is 0 Å². The van der Waals surface area contributed by atoms with Gasteiger partial charge in [-0.1, -0.05) is 27.2 Å². The number of rotatable bonds is 1. The first-order valence-corrected chi connectivity index (χ1v) is 5.47. The third kappa shape index (κ3) is 1.43. The third-order valence-corrected chi connectivity index (χ3v) is 3.88. The van der Waals surface area contributed by atoms with Gasteiger partial charge in [0, 0.05) is 11.3 Å². The van der Waals surface area contributed by atoms with Gasteiger partial charge in [0.1, 0.15) is 5.78 Å². The minimum Gasteiger partial charge on any atom is -0.299 e. The SMILES string of the molecule is CC(C)(C)C(=O)C1CC2(CCC2)C1. The molecule has 74 valence electrons. The molecule has 0 saturated heterocycles. The first kappa shape index (κ1) is 9.23. The van der Waals surface area contributed by atoms with E-state index in [-0.39, 0.29) is 5.41 Å². The molecule has 0 N–H and O–H groups in total. The second-order valence-corrected chi connectivity index (χ2v) is 6.07. The Bertz CT molecular complexity index is 222. The van der Waals surface area contributed by atoms with Gasteiger partial charge >= 0.3 is 0 Å². The fraction of sp³-hybridized carbons (Fsp3) is 0.917. The zero-order valence-electron chi connectivity index (χ0n) is 9.02. The van der Waals surface area contributed by atoms with Crippen LogP contribution in [0.15, 0.2) is 0 Å². The summed E-state index contributed by atoms with van der Waals surface area (Å²) in [5.41, 5.74) is 0.529. The lowest BCUT2D eigenvalue weighted by Gasteiger charge is -2.54. The van der Waals surface area contributed by atoms with Gasteiger partial charge in [-0.25, -0.2) is 0 Å². The van der Waals surface area contributed by atoms with E-state index in [1.165, 1.54) is 32.1 Å². The molecule has 0 aromatic heterocycles. The molecule has 0 atom stereocenters.